The van der Waals surface area contributed by atoms with Gasteiger partial charge in [-0.05, 0) is 25.5 Å². The monoisotopic (exact) mass is 324 g/mol. The van der Waals surface area contributed by atoms with Crippen LogP contribution in [0.5, 0.6) is 0 Å². The van der Waals surface area contributed by atoms with E-state index in [1.165, 1.54) is 11.3 Å². The Labute approximate surface area is 133 Å². The van der Waals surface area contributed by atoms with Gasteiger partial charge in [0.15, 0.2) is 5.13 Å². The van der Waals surface area contributed by atoms with Gasteiger partial charge >= 0.3 is 5.97 Å². The van der Waals surface area contributed by atoms with Crippen molar-refractivity contribution in [1.82, 2.24) is 4.98 Å². The van der Waals surface area contributed by atoms with Crippen molar-refractivity contribution in [2.24, 2.45) is 0 Å². The van der Waals surface area contributed by atoms with Crippen LogP contribution in [0.15, 0.2) is 29.6 Å². The molecule has 1 heterocycles. The van der Waals surface area contributed by atoms with Crippen molar-refractivity contribution in [3.8, 4) is 0 Å². The van der Waals surface area contributed by atoms with Crippen molar-refractivity contribution in [1.29, 1.82) is 0 Å². The van der Waals surface area contributed by atoms with Crippen LogP contribution >= 0.6 is 22.9 Å². The van der Waals surface area contributed by atoms with Gasteiger partial charge in [-0.2, -0.15) is 0 Å². The molecule has 0 saturated heterocycles. The van der Waals surface area contributed by atoms with Gasteiger partial charge in [0.05, 0.1) is 5.69 Å². The highest BCUT2D eigenvalue weighted by atomic mass is 35.5. The fourth-order valence-electron chi connectivity index (χ4n) is 1.79. The number of anilines is 1. The highest BCUT2D eigenvalue weighted by molar-refractivity contribution is 7.13. The molecule has 0 aliphatic carbocycles. The molecule has 1 N–H and O–H groups in total. The molecule has 4 nitrogen and oxygen atoms in total. The van der Waals surface area contributed by atoms with Gasteiger partial charge < -0.3 is 10.0 Å². The number of nitrogens with zero attached hydrogens (tertiary/aromatic N) is 2. The molecule has 0 unspecified atom stereocenters. The summed E-state index contributed by atoms with van der Waals surface area (Å²) in [5.41, 5.74) is 0.594. The van der Waals surface area contributed by atoms with Crippen LogP contribution in [0.25, 0.3) is 0 Å². The number of carboxylic acids is 1. The summed E-state index contributed by atoms with van der Waals surface area (Å²) in [7, 11) is 1.92. The molecule has 0 spiro atoms. The number of halogens is 1. The van der Waals surface area contributed by atoms with Crippen LogP contribution in [0.4, 0.5) is 5.13 Å². The average Bonchev–Trinajstić information content (AvgIpc) is 2.91. The molecule has 0 atom stereocenters. The predicted octanol–water partition coefficient (Wildman–Crippen LogP) is 3.80. The van der Waals surface area contributed by atoms with Crippen LogP contribution < -0.4 is 4.90 Å². The molecule has 0 aliphatic rings. The first kappa shape index (κ1) is 15.8. The summed E-state index contributed by atoms with van der Waals surface area (Å²) in [6.07, 6.45) is 0. The van der Waals surface area contributed by atoms with Gasteiger partial charge in [0, 0.05) is 24.0 Å². The van der Waals surface area contributed by atoms with Gasteiger partial charge in [-0.3, -0.25) is 4.79 Å². The standard InChI is InChI=1S/C15H17ClN2O2S/c1-15(2,13(19)20)12-9-21-14(17-12)18(3)8-10-6-4-5-7-11(10)16/h4-7,9H,8H2,1-3H3,(H,19,20). The first-order valence-electron chi connectivity index (χ1n) is 6.46. The fourth-order valence-corrected chi connectivity index (χ4v) is 2.94. The largest absolute Gasteiger partial charge is 0.481 e. The van der Waals surface area contributed by atoms with E-state index in [0.717, 1.165) is 10.7 Å². The second-order valence-electron chi connectivity index (χ2n) is 5.39. The number of rotatable bonds is 5. The van der Waals surface area contributed by atoms with Gasteiger partial charge in [0.2, 0.25) is 0 Å². The molecule has 0 radical (unpaired) electrons. The molecule has 112 valence electrons. The minimum absolute atomic E-state index is 0.570. The Balaban J connectivity index is 2.18. The van der Waals surface area contributed by atoms with Crippen LogP contribution in [0, 0.1) is 0 Å². The second kappa shape index (κ2) is 6.03. The molecule has 2 rings (SSSR count). The first-order valence-corrected chi connectivity index (χ1v) is 7.72. The average molecular weight is 325 g/mol. The normalized spacial score (nSPS) is 11.4. The maximum absolute atomic E-state index is 11.3. The van der Waals surface area contributed by atoms with Crippen molar-refractivity contribution < 1.29 is 9.90 Å². The summed E-state index contributed by atoms with van der Waals surface area (Å²) in [5.74, 6) is -0.881. The molecule has 6 heteroatoms. The van der Waals surface area contributed by atoms with E-state index in [1.807, 2.05) is 36.2 Å². The molecular weight excluding hydrogens is 308 g/mol. The number of carboxylic acid groups (broad SMARTS) is 1. The number of aliphatic carboxylic acids is 1. The minimum atomic E-state index is -0.986. The summed E-state index contributed by atoms with van der Waals surface area (Å²) < 4.78 is 0. The lowest BCUT2D eigenvalue weighted by atomic mass is 9.90. The number of carbonyl (C=O) groups is 1. The number of hydrogen-bond donors (Lipinski definition) is 1. The topological polar surface area (TPSA) is 53.4 Å². The number of aromatic nitrogens is 1. The lowest BCUT2D eigenvalue weighted by Gasteiger charge is -2.18. The maximum atomic E-state index is 11.3. The predicted molar refractivity (Wildman–Crippen MR) is 86.3 cm³/mol. The Morgan fingerprint density at radius 3 is 2.71 bits per heavy atom. The lowest BCUT2D eigenvalue weighted by molar-refractivity contribution is -0.142. The fraction of sp³-hybridized carbons (Fsp3) is 0.333. The van der Waals surface area contributed by atoms with Crippen LogP contribution in [0.1, 0.15) is 25.1 Å². The Morgan fingerprint density at radius 1 is 1.43 bits per heavy atom. The van der Waals surface area contributed by atoms with E-state index in [1.54, 1.807) is 19.2 Å². The van der Waals surface area contributed by atoms with E-state index >= 15 is 0 Å². The van der Waals surface area contributed by atoms with Gasteiger partial charge in [0.25, 0.3) is 0 Å². The third-order valence-electron chi connectivity index (χ3n) is 3.36. The molecule has 0 fully saturated rings. The molecule has 0 aliphatic heterocycles. The third kappa shape index (κ3) is 3.36. The lowest BCUT2D eigenvalue weighted by Crippen LogP contribution is -2.29. The first-order chi connectivity index (χ1) is 9.82. The van der Waals surface area contributed by atoms with Gasteiger partial charge in [-0.25, -0.2) is 4.98 Å². The molecular formula is C15H17ClN2O2S. The second-order valence-corrected chi connectivity index (χ2v) is 6.64. The number of hydrogen-bond acceptors (Lipinski definition) is 4. The van der Waals surface area contributed by atoms with E-state index in [-0.39, 0.29) is 0 Å². The Kier molecular flexibility index (Phi) is 4.54. The summed E-state index contributed by atoms with van der Waals surface area (Å²) in [6.45, 7) is 3.94. The molecule has 1 aromatic heterocycles. The molecule has 0 amide bonds. The van der Waals surface area contributed by atoms with Crippen molar-refractivity contribution in [2.45, 2.75) is 25.8 Å². The van der Waals surface area contributed by atoms with Crippen molar-refractivity contribution >= 4 is 34.0 Å². The van der Waals surface area contributed by atoms with E-state index in [4.69, 9.17) is 11.6 Å². The van der Waals surface area contributed by atoms with E-state index in [0.29, 0.717) is 17.3 Å². The highest BCUT2D eigenvalue weighted by Gasteiger charge is 2.32. The van der Waals surface area contributed by atoms with E-state index < -0.39 is 11.4 Å². The van der Waals surface area contributed by atoms with Crippen molar-refractivity contribution in [3.05, 3.63) is 45.9 Å². The van der Waals surface area contributed by atoms with E-state index in [9.17, 15) is 9.90 Å². The molecule has 21 heavy (non-hydrogen) atoms. The minimum Gasteiger partial charge on any atom is -0.481 e. The highest BCUT2D eigenvalue weighted by Crippen LogP contribution is 2.30. The quantitative estimate of drug-likeness (QED) is 0.909. The molecule has 1 aromatic carbocycles. The van der Waals surface area contributed by atoms with Gasteiger partial charge in [0.1, 0.15) is 5.41 Å². The van der Waals surface area contributed by atoms with Crippen molar-refractivity contribution in [3.63, 3.8) is 0 Å². The molecule has 2 aromatic rings. The van der Waals surface area contributed by atoms with Crippen LogP contribution in [-0.2, 0) is 16.8 Å². The van der Waals surface area contributed by atoms with Gasteiger partial charge in [-0.15, -0.1) is 11.3 Å². The van der Waals surface area contributed by atoms with Crippen LogP contribution in [0.2, 0.25) is 5.02 Å². The van der Waals surface area contributed by atoms with Gasteiger partial charge in [-0.1, -0.05) is 29.8 Å². The third-order valence-corrected chi connectivity index (χ3v) is 4.68. The van der Waals surface area contributed by atoms with Crippen LogP contribution in [-0.4, -0.2) is 23.1 Å². The number of thiazole rings is 1. The summed E-state index contributed by atoms with van der Waals surface area (Å²) in [4.78, 5) is 17.7. The maximum Gasteiger partial charge on any atom is 0.315 e. The van der Waals surface area contributed by atoms with E-state index in [2.05, 4.69) is 4.98 Å². The Hall–Kier alpha value is -1.59. The number of benzene rings is 1. The zero-order valence-corrected chi connectivity index (χ0v) is 13.7. The zero-order valence-electron chi connectivity index (χ0n) is 12.1. The Morgan fingerprint density at radius 2 is 2.10 bits per heavy atom. The molecule has 0 saturated carbocycles. The summed E-state index contributed by atoms with van der Waals surface area (Å²) in [6, 6.07) is 7.65. The van der Waals surface area contributed by atoms with Crippen LogP contribution in [0.3, 0.4) is 0 Å². The van der Waals surface area contributed by atoms with Crippen molar-refractivity contribution in [2.75, 3.05) is 11.9 Å². The smallest absolute Gasteiger partial charge is 0.315 e. The Bertz CT molecular complexity index is 655. The summed E-state index contributed by atoms with van der Waals surface area (Å²) in [5, 5.41) is 12.5. The summed E-state index contributed by atoms with van der Waals surface area (Å²) >= 11 is 7.59. The zero-order chi connectivity index (χ0) is 15.6. The SMILES string of the molecule is CN(Cc1ccccc1Cl)c1nc(C(C)(C)C(=O)O)cs1. The molecule has 0 bridgehead atoms.